The average Bonchev–Trinajstić information content (AvgIpc) is 2.75. The number of hydrogen-bond donors (Lipinski definition) is 0. The molecule has 1 aliphatic rings. The zero-order valence-corrected chi connectivity index (χ0v) is 13.3. The van der Waals surface area contributed by atoms with Crippen LogP contribution in [0.25, 0.3) is 0 Å². The summed E-state index contributed by atoms with van der Waals surface area (Å²) in [5.74, 6) is 1.55. The molecular weight excluding hydrogens is 236 g/mol. The molecule has 1 fully saturated rings. The first kappa shape index (κ1) is 16.7. The Morgan fingerprint density at radius 1 is 1.26 bits per heavy atom. The summed E-state index contributed by atoms with van der Waals surface area (Å²) in [7, 11) is 1.71. The molecule has 0 saturated heterocycles. The van der Waals surface area contributed by atoms with Gasteiger partial charge in [0.1, 0.15) is 5.60 Å². The van der Waals surface area contributed by atoms with Gasteiger partial charge in [0.15, 0.2) is 5.78 Å². The lowest BCUT2D eigenvalue weighted by Crippen LogP contribution is -2.43. The van der Waals surface area contributed by atoms with E-state index in [1.807, 2.05) is 0 Å². The van der Waals surface area contributed by atoms with Gasteiger partial charge in [-0.2, -0.15) is 0 Å². The van der Waals surface area contributed by atoms with Crippen LogP contribution in [0.4, 0.5) is 0 Å². The van der Waals surface area contributed by atoms with Crippen LogP contribution in [0, 0.1) is 11.8 Å². The van der Waals surface area contributed by atoms with Crippen LogP contribution in [0.3, 0.4) is 0 Å². The normalized spacial score (nSPS) is 27.1. The first-order valence-corrected chi connectivity index (χ1v) is 8.11. The van der Waals surface area contributed by atoms with Crippen molar-refractivity contribution in [2.24, 2.45) is 11.8 Å². The third kappa shape index (κ3) is 4.59. The van der Waals surface area contributed by atoms with Crippen molar-refractivity contribution in [3.63, 3.8) is 0 Å². The molecule has 0 spiro atoms. The van der Waals surface area contributed by atoms with Gasteiger partial charge in [0.2, 0.25) is 0 Å². The third-order valence-electron chi connectivity index (χ3n) is 4.75. The number of hydrogen-bond acceptors (Lipinski definition) is 2. The Hall–Kier alpha value is -0.370. The summed E-state index contributed by atoms with van der Waals surface area (Å²) in [4.78, 5) is 12.4. The van der Waals surface area contributed by atoms with Gasteiger partial charge in [-0.3, -0.25) is 4.79 Å². The van der Waals surface area contributed by atoms with Gasteiger partial charge < -0.3 is 4.74 Å². The standard InChI is InChI=1S/C17H32O2/c1-14(2)10-7-5-6-8-12-16(18)17(19-4)13-9-11-15(17)3/h14-15H,5-13H2,1-4H3. The minimum Gasteiger partial charge on any atom is -0.370 e. The van der Waals surface area contributed by atoms with Gasteiger partial charge in [0.25, 0.3) is 0 Å². The summed E-state index contributed by atoms with van der Waals surface area (Å²) in [6, 6.07) is 0. The van der Waals surface area contributed by atoms with Crippen LogP contribution in [-0.2, 0) is 9.53 Å². The van der Waals surface area contributed by atoms with E-state index in [2.05, 4.69) is 20.8 Å². The third-order valence-corrected chi connectivity index (χ3v) is 4.75. The van der Waals surface area contributed by atoms with Gasteiger partial charge in [-0.25, -0.2) is 0 Å². The molecule has 0 N–H and O–H groups in total. The molecule has 1 rings (SSSR count). The summed E-state index contributed by atoms with van der Waals surface area (Å²) >= 11 is 0. The van der Waals surface area contributed by atoms with E-state index in [-0.39, 0.29) is 0 Å². The highest BCUT2D eigenvalue weighted by Crippen LogP contribution is 2.39. The van der Waals surface area contributed by atoms with Crippen molar-refractivity contribution in [1.29, 1.82) is 0 Å². The maximum Gasteiger partial charge on any atom is 0.164 e. The molecule has 2 heteroatoms. The van der Waals surface area contributed by atoms with Crippen molar-refractivity contribution in [1.82, 2.24) is 0 Å². The molecule has 2 unspecified atom stereocenters. The fourth-order valence-corrected chi connectivity index (χ4v) is 3.39. The van der Waals surface area contributed by atoms with Gasteiger partial charge in [0, 0.05) is 13.5 Å². The zero-order valence-electron chi connectivity index (χ0n) is 13.3. The molecule has 1 saturated carbocycles. The van der Waals surface area contributed by atoms with E-state index in [0.717, 1.165) is 31.6 Å². The Balaban J connectivity index is 2.23. The number of methoxy groups -OCH3 is 1. The van der Waals surface area contributed by atoms with E-state index in [1.54, 1.807) is 7.11 Å². The summed E-state index contributed by atoms with van der Waals surface area (Å²) in [5.41, 5.74) is -0.446. The number of Topliss-reactive ketones (excluding diaryl/α,β-unsaturated/α-hetero) is 1. The lowest BCUT2D eigenvalue weighted by molar-refractivity contribution is -0.145. The molecule has 0 aromatic carbocycles. The van der Waals surface area contributed by atoms with Crippen molar-refractivity contribution in [2.45, 2.75) is 84.2 Å². The molecule has 19 heavy (non-hydrogen) atoms. The van der Waals surface area contributed by atoms with Crippen molar-refractivity contribution < 1.29 is 9.53 Å². The van der Waals surface area contributed by atoms with Gasteiger partial charge >= 0.3 is 0 Å². The number of carbonyl (C=O) groups excluding carboxylic acids is 1. The predicted molar refractivity (Wildman–Crippen MR) is 80.3 cm³/mol. The summed E-state index contributed by atoms with van der Waals surface area (Å²) in [5, 5.41) is 0. The maximum absolute atomic E-state index is 12.4. The maximum atomic E-state index is 12.4. The molecule has 2 atom stereocenters. The van der Waals surface area contributed by atoms with E-state index < -0.39 is 5.60 Å². The fraction of sp³-hybridized carbons (Fsp3) is 0.941. The van der Waals surface area contributed by atoms with Crippen LogP contribution in [0.15, 0.2) is 0 Å². The summed E-state index contributed by atoms with van der Waals surface area (Å²) in [6.07, 6.45) is 10.0. The molecule has 0 aromatic rings. The zero-order chi connectivity index (χ0) is 14.3. The van der Waals surface area contributed by atoms with Crippen LogP contribution in [0.5, 0.6) is 0 Å². The second-order valence-corrected chi connectivity index (χ2v) is 6.66. The quantitative estimate of drug-likeness (QED) is 0.564. The molecule has 2 nitrogen and oxygen atoms in total. The molecule has 1 aliphatic carbocycles. The SMILES string of the molecule is COC1(C(=O)CCCCCCC(C)C)CCCC1C. The fourth-order valence-electron chi connectivity index (χ4n) is 3.39. The first-order valence-electron chi connectivity index (χ1n) is 8.11. The first-order chi connectivity index (χ1) is 9.03. The van der Waals surface area contributed by atoms with Crippen LogP contribution in [0.1, 0.15) is 78.6 Å². The molecule has 0 heterocycles. The summed E-state index contributed by atoms with van der Waals surface area (Å²) in [6.45, 7) is 6.71. The van der Waals surface area contributed by atoms with Gasteiger partial charge in [-0.1, -0.05) is 46.5 Å². The van der Waals surface area contributed by atoms with Crippen molar-refractivity contribution in [3.8, 4) is 0 Å². The van der Waals surface area contributed by atoms with E-state index in [1.165, 1.54) is 25.7 Å². The van der Waals surface area contributed by atoms with Crippen LogP contribution >= 0.6 is 0 Å². The van der Waals surface area contributed by atoms with Crippen LogP contribution < -0.4 is 0 Å². The monoisotopic (exact) mass is 268 g/mol. The number of rotatable bonds is 9. The lowest BCUT2D eigenvalue weighted by atomic mass is 9.85. The Kier molecular flexibility index (Phi) is 7.06. The molecule has 0 aliphatic heterocycles. The molecular formula is C17H32O2. The Labute approximate surface area is 119 Å². The molecule has 112 valence electrons. The molecule has 0 aromatic heterocycles. The minimum atomic E-state index is -0.446. The largest absolute Gasteiger partial charge is 0.370 e. The number of ether oxygens (including phenoxy) is 1. The van der Waals surface area contributed by atoms with Crippen molar-refractivity contribution in [2.75, 3.05) is 7.11 Å². The Bertz CT molecular complexity index is 272. The Morgan fingerprint density at radius 2 is 1.95 bits per heavy atom. The van der Waals surface area contributed by atoms with Gasteiger partial charge in [0.05, 0.1) is 0 Å². The van der Waals surface area contributed by atoms with E-state index >= 15 is 0 Å². The van der Waals surface area contributed by atoms with Gasteiger partial charge in [-0.15, -0.1) is 0 Å². The number of carbonyl (C=O) groups is 1. The highest BCUT2D eigenvalue weighted by Gasteiger charge is 2.45. The molecule has 0 radical (unpaired) electrons. The van der Waals surface area contributed by atoms with E-state index in [4.69, 9.17) is 4.74 Å². The summed E-state index contributed by atoms with van der Waals surface area (Å²) < 4.78 is 5.63. The smallest absolute Gasteiger partial charge is 0.164 e. The van der Waals surface area contributed by atoms with Crippen LogP contribution in [0.2, 0.25) is 0 Å². The topological polar surface area (TPSA) is 26.3 Å². The second kappa shape index (κ2) is 8.04. The average molecular weight is 268 g/mol. The van der Waals surface area contributed by atoms with Crippen molar-refractivity contribution in [3.05, 3.63) is 0 Å². The number of ketones is 1. The number of unbranched alkanes of at least 4 members (excludes halogenated alkanes) is 3. The van der Waals surface area contributed by atoms with E-state index in [0.29, 0.717) is 18.1 Å². The molecule has 0 bridgehead atoms. The second-order valence-electron chi connectivity index (χ2n) is 6.66. The Morgan fingerprint density at radius 3 is 2.47 bits per heavy atom. The predicted octanol–water partition coefficient (Wildman–Crippen LogP) is 4.76. The van der Waals surface area contributed by atoms with Gasteiger partial charge in [-0.05, 0) is 37.5 Å². The molecule has 0 amide bonds. The van der Waals surface area contributed by atoms with Crippen molar-refractivity contribution >= 4 is 5.78 Å². The van der Waals surface area contributed by atoms with E-state index in [9.17, 15) is 4.79 Å². The highest BCUT2D eigenvalue weighted by molar-refractivity contribution is 5.88. The minimum absolute atomic E-state index is 0.351. The van der Waals surface area contributed by atoms with Crippen LogP contribution in [-0.4, -0.2) is 18.5 Å². The lowest BCUT2D eigenvalue weighted by Gasteiger charge is -2.30. The highest BCUT2D eigenvalue weighted by atomic mass is 16.5.